The average molecular weight is 171 g/mol. The molecule has 3 atom stereocenters. The van der Waals surface area contributed by atoms with Crippen LogP contribution in [0.5, 0.6) is 0 Å². The number of hydrogen-bond acceptors (Lipinski definition) is 2. The molecule has 0 radical (unpaired) electrons. The normalized spacial score (nSPS) is 37.2. The fourth-order valence-corrected chi connectivity index (χ4v) is 2.06. The molecular formula is C10H21NO. The molecule has 0 aromatic heterocycles. The molecule has 12 heavy (non-hydrogen) atoms. The minimum Gasteiger partial charge on any atom is -0.393 e. The van der Waals surface area contributed by atoms with Crippen molar-refractivity contribution in [2.24, 2.45) is 23.0 Å². The van der Waals surface area contributed by atoms with Gasteiger partial charge in [0, 0.05) is 0 Å². The summed E-state index contributed by atoms with van der Waals surface area (Å²) in [5.41, 5.74) is 5.89. The lowest BCUT2D eigenvalue weighted by atomic mass is 9.79. The van der Waals surface area contributed by atoms with E-state index in [4.69, 9.17) is 5.73 Å². The molecule has 0 saturated heterocycles. The van der Waals surface area contributed by atoms with E-state index in [1.54, 1.807) is 0 Å². The molecule has 3 N–H and O–H groups in total. The summed E-state index contributed by atoms with van der Waals surface area (Å²) in [4.78, 5) is 0. The van der Waals surface area contributed by atoms with Gasteiger partial charge in [0.25, 0.3) is 0 Å². The minimum absolute atomic E-state index is 0.153. The van der Waals surface area contributed by atoms with Crippen molar-refractivity contribution in [1.82, 2.24) is 0 Å². The first-order chi connectivity index (χ1) is 5.45. The van der Waals surface area contributed by atoms with Gasteiger partial charge in [-0.25, -0.2) is 0 Å². The summed E-state index contributed by atoms with van der Waals surface area (Å²) in [5.74, 6) is 0.982. The largest absolute Gasteiger partial charge is 0.393 e. The first kappa shape index (κ1) is 10.0. The zero-order valence-corrected chi connectivity index (χ0v) is 8.38. The molecule has 1 aliphatic rings. The summed E-state index contributed by atoms with van der Waals surface area (Å²) in [6.45, 7) is 7.35. The van der Waals surface area contributed by atoms with E-state index < -0.39 is 0 Å². The molecule has 2 heteroatoms. The van der Waals surface area contributed by atoms with Gasteiger partial charge in [-0.05, 0) is 36.6 Å². The number of nitrogens with two attached hydrogens (primary N) is 1. The summed E-state index contributed by atoms with van der Waals surface area (Å²) in [6, 6.07) is 0. The molecule has 0 amide bonds. The van der Waals surface area contributed by atoms with Crippen LogP contribution < -0.4 is 5.73 Å². The molecule has 0 aromatic carbocycles. The maximum Gasteiger partial charge on any atom is 0.0583 e. The van der Waals surface area contributed by atoms with E-state index in [1.165, 1.54) is 0 Å². The van der Waals surface area contributed by atoms with Gasteiger partial charge in [-0.2, -0.15) is 0 Å². The summed E-state index contributed by atoms with van der Waals surface area (Å²) in [7, 11) is 0. The molecule has 2 nitrogen and oxygen atoms in total. The Bertz CT molecular complexity index is 150. The molecule has 0 aliphatic heterocycles. The Morgan fingerprint density at radius 2 is 1.92 bits per heavy atom. The average Bonchev–Trinajstić information content (AvgIpc) is 2.29. The van der Waals surface area contributed by atoms with Crippen molar-refractivity contribution < 1.29 is 5.11 Å². The zero-order chi connectivity index (χ0) is 9.35. The van der Waals surface area contributed by atoms with Gasteiger partial charge in [0.2, 0.25) is 0 Å². The van der Waals surface area contributed by atoms with E-state index >= 15 is 0 Å². The van der Waals surface area contributed by atoms with Gasteiger partial charge in [0.1, 0.15) is 0 Å². The predicted molar refractivity (Wildman–Crippen MR) is 50.7 cm³/mol. The number of aliphatic hydroxyl groups excluding tert-OH is 1. The van der Waals surface area contributed by atoms with Crippen molar-refractivity contribution in [2.75, 3.05) is 6.54 Å². The van der Waals surface area contributed by atoms with Crippen LogP contribution in [0.25, 0.3) is 0 Å². The van der Waals surface area contributed by atoms with Crippen molar-refractivity contribution in [3.8, 4) is 0 Å². The van der Waals surface area contributed by atoms with Crippen molar-refractivity contribution in [1.29, 1.82) is 0 Å². The smallest absolute Gasteiger partial charge is 0.0583 e. The van der Waals surface area contributed by atoms with Crippen molar-refractivity contribution in [3.05, 3.63) is 0 Å². The van der Waals surface area contributed by atoms with Crippen LogP contribution in [0.4, 0.5) is 0 Å². The van der Waals surface area contributed by atoms with E-state index in [1.807, 2.05) is 0 Å². The summed E-state index contributed by atoms with van der Waals surface area (Å²) in [6.07, 6.45) is 1.88. The molecule has 1 aliphatic carbocycles. The van der Waals surface area contributed by atoms with Crippen LogP contribution in [0.1, 0.15) is 33.6 Å². The zero-order valence-electron chi connectivity index (χ0n) is 8.38. The van der Waals surface area contributed by atoms with Gasteiger partial charge in [0.05, 0.1) is 6.10 Å². The fourth-order valence-electron chi connectivity index (χ4n) is 2.06. The second-order valence-electron chi connectivity index (χ2n) is 5.10. The van der Waals surface area contributed by atoms with Crippen LogP contribution in [0.15, 0.2) is 0 Å². The molecule has 0 aromatic rings. The van der Waals surface area contributed by atoms with E-state index in [2.05, 4.69) is 20.8 Å². The van der Waals surface area contributed by atoms with Gasteiger partial charge in [-0.15, -0.1) is 0 Å². The third-order valence-electron chi connectivity index (χ3n) is 3.18. The highest BCUT2D eigenvalue weighted by Crippen LogP contribution is 2.41. The first-order valence-electron chi connectivity index (χ1n) is 4.83. The maximum atomic E-state index is 9.64. The van der Waals surface area contributed by atoms with Gasteiger partial charge < -0.3 is 10.8 Å². The van der Waals surface area contributed by atoms with E-state index in [0.29, 0.717) is 23.8 Å². The van der Waals surface area contributed by atoms with Crippen LogP contribution >= 0.6 is 0 Å². The lowest BCUT2D eigenvalue weighted by Gasteiger charge is -2.26. The van der Waals surface area contributed by atoms with Crippen LogP contribution in [-0.2, 0) is 0 Å². The second-order valence-corrected chi connectivity index (χ2v) is 5.10. The molecule has 0 spiro atoms. The Balaban J connectivity index is 2.54. The third kappa shape index (κ3) is 1.99. The molecule has 1 saturated carbocycles. The predicted octanol–water partition coefficient (Wildman–Crippen LogP) is 1.38. The van der Waals surface area contributed by atoms with Crippen molar-refractivity contribution >= 4 is 0 Å². The Kier molecular flexibility index (Phi) is 2.79. The van der Waals surface area contributed by atoms with E-state index in [9.17, 15) is 5.11 Å². The Morgan fingerprint density at radius 3 is 2.17 bits per heavy atom. The first-order valence-corrected chi connectivity index (χ1v) is 4.83. The molecule has 3 unspecified atom stereocenters. The third-order valence-corrected chi connectivity index (χ3v) is 3.18. The topological polar surface area (TPSA) is 46.2 Å². The summed E-state index contributed by atoms with van der Waals surface area (Å²) >= 11 is 0. The van der Waals surface area contributed by atoms with E-state index in [-0.39, 0.29) is 6.10 Å². The Morgan fingerprint density at radius 1 is 1.33 bits per heavy atom. The van der Waals surface area contributed by atoms with Gasteiger partial charge in [0.15, 0.2) is 0 Å². The van der Waals surface area contributed by atoms with Crippen LogP contribution in [-0.4, -0.2) is 17.8 Å². The molecule has 0 heterocycles. The van der Waals surface area contributed by atoms with Crippen molar-refractivity contribution in [3.63, 3.8) is 0 Å². The van der Waals surface area contributed by atoms with E-state index in [0.717, 1.165) is 12.8 Å². The summed E-state index contributed by atoms with van der Waals surface area (Å²) < 4.78 is 0. The quantitative estimate of drug-likeness (QED) is 0.626. The number of hydrogen-bond donors (Lipinski definition) is 2. The number of rotatable bonds is 1. The molecule has 72 valence electrons. The monoisotopic (exact) mass is 171 g/mol. The molecular weight excluding hydrogens is 150 g/mol. The van der Waals surface area contributed by atoms with Crippen LogP contribution in [0.2, 0.25) is 0 Å². The summed E-state index contributed by atoms with van der Waals surface area (Å²) in [5, 5.41) is 9.64. The van der Waals surface area contributed by atoms with Gasteiger partial charge >= 0.3 is 0 Å². The lowest BCUT2D eigenvalue weighted by Crippen LogP contribution is -2.21. The Hall–Kier alpha value is -0.0800. The number of aliphatic hydroxyl groups is 1. The highest BCUT2D eigenvalue weighted by Gasteiger charge is 2.37. The standard InChI is InChI=1S/C10H21NO/c1-10(2,3)8-4-7(6-11)9(12)5-8/h7-9,12H,4-6,11H2,1-3H3. The van der Waals surface area contributed by atoms with Gasteiger partial charge in [-0.3, -0.25) is 0 Å². The lowest BCUT2D eigenvalue weighted by molar-refractivity contribution is 0.129. The van der Waals surface area contributed by atoms with Crippen LogP contribution in [0, 0.1) is 17.3 Å². The fraction of sp³-hybridized carbons (Fsp3) is 1.00. The molecule has 0 bridgehead atoms. The molecule has 1 rings (SSSR count). The maximum absolute atomic E-state index is 9.64. The highest BCUT2D eigenvalue weighted by molar-refractivity contribution is 4.89. The SMILES string of the molecule is CC(C)(C)C1CC(O)C(CN)C1. The van der Waals surface area contributed by atoms with Crippen LogP contribution in [0.3, 0.4) is 0 Å². The minimum atomic E-state index is -0.153. The Labute approximate surface area is 75.2 Å². The highest BCUT2D eigenvalue weighted by atomic mass is 16.3. The van der Waals surface area contributed by atoms with Gasteiger partial charge in [-0.1, -0.05) is 20.8 Å². The van der Waals surface area contributed by atoms with Crippen molar-refractivity contribution in [2.45, 2.75) is 39.7 Å². The second kappa shape index (κ2) is 3.35. The molecule has 1 fully saturated rings.